The number of nitrogen functional groups attached to an aromatic ring is 1. The van der Waals surface area contributed by atoms with E-state index in [2.05, 4.69) is 0 Å². The van der Waals surface area contributed by atoms with Crippen molar-refractivity contribution in [3.05, 3.63) is 58.5 Å². The van der Waals surface area contributed by atoms with Crippen LogP contribution < -0.4 is 16.2 Å². The van der Waals surface area contributed by atoms with Gasteiger partial charge in [-0.25, -0.2) is 0 Å². The molecule has 0 saturated carbocycles. The Hall–Kier alpha value is -2.56. The summed E-state index contributed by atoms with van der Waals surface area (Å²) in [6.45, 7) is 0.674. The molecule has 5 nitrogen and oxygen atoms in total. The molecule has 20 heavy (non-hydrogen) atoms. The zero-order valence-electron chi connectivity index (χ0n) is 11.0. The molecule has 1 amide bonds. The van der Waals surface area contributed by atoms with E-state index in [1.165, 1.54) is 28.5 Å². The minimum Gasteiger partial charge on any atom is -0.398 e. The number of nitrogens with zero attached hydrogens (tertiary/aromatic N) is 2. The van der Waals surface area contributed by atoms with E-state index in [0.29, 0.717) is 12.2 Å². The second kappa shape index (κ2) is 4.85. The zero-order chi connectivity index (χ0) is 14.1. The number of carbonyl (C=O) groups excluding carboxylic acids is 1. The average molecular weight is 269 g/mol. The van der Waals surface area contributed by atoms with Gasteiger partial charge in [-0.2, -0.15) is 0 Å². The van der Waals surface area contributed by atoms with Crippen LogP contribution in [0.25, 0.3) is 0 Å². The lowest BCUT2D eigenvalue weighted by atomic mass is 10.2. The Kier molecular flexibility index (Phi) is 3.02. The lowest BCUT2D eigenvalue weighted by Gasteiger charge is -2.18. The number of hydrogen-bond acceptors (Lipinski definition) is 3. The number of benzene rings is 1. The van der Waals surface area contributed by atoms with Crippen molar-refractivity contribution in [3.63, 3.8) is 0 Å². The normalized spacial score (nSPS) is 13.3. The number of aromatic nitrogens is 1. The monoisotopic (exact) mass is 269 g/mol. The highest BCUT2D eigenvalue weighted by atomic mass is 16.2. The standard InChI is InChI=1S/C15H15N3O2/c16-12-5-6-14(19)17(9-12)10-15(20)18-8-7-11-3-1-2-4-13(11)18/h1-6,9H,7-8,10,16H2. The van der Waals surface area contributed by atoms with Crippen LogP contribution in [0.1, 0.15) is 5.56 Å². The van der Waals surface area contributed by atoms with E-state index in [-0.39, 0.29) is 18.0 Å². The second-order valence-electron chi connectivity index (χ2n) is 4.85. The van der Waals surface area contributed by atoms with E-state index in [4.69, 9.17) is 5.73 Å². The summed E-state index contributed by atoms with van der Waals surface area (Å²) in [6.07, 6.45) is 2.36. The minimum absolute atomic E-state index is 0.0121. The van der Waals surface area contributed by atoms with Gasteiger partial charge >= 0.3 is 0 Å². The van der Waals surface area contributed by atoms with Gasteiger partial charge in [-0.1, -0.05) is 18.2 Å². The van der Waals surface area contributed by atoms with E-state index >= 15 is 0 Å². The zero-order valence-corrected chi connectivity index (χ0v) is 11.0. The van der Waals surface area contributed by atoms with Crippen LogP contribution in [0.15, 0.2) is 47.4 Å². The van der Waals surface area contributed by atoms with E-state index in [9.17, 15) is 9.59 Å². The summed E-state index contributed by atoms with van der Waals surface area (Å²) < 4.78 is 1.35. The summed E-state index contributed by atoms with van der Waals surface area (Å²) in [7, 11) is 0. The highest BCUT2D eigenvalue weighted by Crippen LogP contribution is 2.27. The first kappa shape index (κ1) is 12.5. The van der Waals surface area contributed by atoms with E-state index in [1.54, 1.807) is 4.90 Å². The van der Waals surface area contributed by atoms with E-state index in [1.807, 2.05) is 24.3 Å². The average Bonchev–Trinajstić information content (AvgIpc) is 2.87. The van der Waals surface area contributed by atoms with Crippen molar-refractivity contribution in [1.29, 1.82) is 0 Å². The molecule has 0 atom stereocenters. The van der Waals surface area contributed by atoms with Crippen LogP contribution in [0.3, 0.4) is 0 Å². The lowest BCUT2D eigenvalue weighted by molar-refractivity contribution is -0.119. The number of carbonyl (C=O) groups is 1. The molecule has 5 heteroatoms. The van der Waals surface area contributed by atoms with Gasteiger partial charge in [0, 0.05) is 30.2 Å². The molecular weight excluding hydrogens is 254 g/mol. The number of hydrogen-bond donors (Lipinski definition) is 1. The molecule has 0 saturated heterocycles. The van der Waals surface area contributed by atoms with Crippen LogP contribution in [0.4, 0.5) is 11.4 Å². The Bertz CT molecular complexity index is 721. The topological polar surface area (TPSA) is 68.3 Å². The van der Waals surface area contributed by atoms with E-state index in [0.717, 1.165) is 12.1 Å². The minimum atomic E-state index is -0.222. The van der Waals surface area contributed by atoms with Gasteiger partial charge in [-0.15, -0.1) is 0 Å². The number of fused-ring (bicyclic) bond motifs is 1. The third kappa shape index (κ3) is 2.18. The van der Waals surface area contributed by atoms with Crippen molar-refractivity contribution in [1.82, 2.24) is 4.57 Å². The summed E-state index contributed by atoms with van der Waals surface area (Å²) in [5.74, 6) is -0.0948. The molecule has 1 aromatic carbocycles. The summed E-state index contributed by atoms with van der Waals surface area (Å²) in [5, 5.41) is 0. The maximum absolute atomic E-state index is 12.4. The van der Waals surface area contributed by atoms with Crippen LogP contribution in [0, 0.1) is 0 Å². The summed E-state index contributed by atoms with van der Waals surface area (Å²) in [6, 6.07) is 10.7. The second-order valence-corrected chi connectivity index (χ2v) is 4.85. The Morgan fingerprint density at radius 2 is 2.00 bits per heavy atom. The van der Waals surface area contributed by atoms with Crippen molar-refractivity contribution < 1.29 is 4.79 Å². The van der Waals surface area contributed by atoms with Gasteiger partial charge in [0.1, 0.15) is 6.54 Å². The summed E-state index contributed by atoms with van der Waals surface area (Å²) in [5.41, 5.74) is 8.00. The highest BCUT2D eigenvalue weighted by molar-refractivity contribution is 5.95. The van der Waals surface area contributed by atoms with Crippen LogP contribution in [-0.4, -0.2) is 17.0 Å². The number of nitrogens with two attached hydrogens (primary N) is 1. The predicted molar refractivity (Wildman–Crippen MR) is 77.6 cm³/mol. The van der Waals surface area contributed by atoms with Crippen molar-refractivity contribution >= 4 is 17.3 Å². The van der Waals surface area contributed by atoms with Crippen molar-refractivity contribution in [3.8, 4) is 0 Å². The lowest BCUT2D eigenvalue weighted by Crippen LogP contribution is -2.35. The van der Waals surface area contributed by atoms with Crippen molar-refractivity contribution in [2.75, 3.05) is 17.2 Å². The molecule has 0 bridgehead atoms. The number of anilines is 2. The van der Waals surface area contributed by atoms with Gasteiger partial charge in [0.2, 0.25) is 5.91 Å². The summed E-state index contributed by atoms with van der Waals surface area (Å²) in [4.78, 5) is 25.8. The largest absolute Gasteiger partial charge is 0.398 e. The molecule has 2 heterocycles. The van der Waals surface area contributed by atoms with Crippen LogP contribution in [-0.2, 0) is 17.8 Å². The first-order valence-electron chi connectivity index (χ1n) is 6.49. The molecule has 1 aliphatic heterocycles. The maximum atomic E-state index is 12.4. The van der Waals surface area contributed by atoms with E-state index < -0.39 is 0 Å². The molecule has 2 N–H and O–H groups in total. The molecule has 2 aromatic rings. The van der Waals surface area contributed by atoms with Crippen molar-refractivity contribution in [2.45, 2.75) is 13.0 Å². The van der Waals surface area contributed by atoms with Crippen molar-refractivity contribution in [2.24, 2.45) is 0 Å². The van der Waals surface area contributed by atoms with Crippen LogP contribution >= 0.6 is 0 Å². The quantitative estimate of drug-likeness (QED) is 0.885. The SMILES string of the molecule is Nc1ccc(=O)n(CC(=O)N2CCc3ccccc32)c1. The Labute approximate surface area is 116 Å². The molecule has 0 aliphatic carbocycles. The molecule has 0 fully saturated rings. The smallest absolute Gasteiger partial charge is 0.251 e. The Morgan fingerprint density at radius 3 is 2.85 bits per heavy atom. The fraction of sp³-hybridized carbons (Fsp3) is 0.200. The van der Waals surface area contributed by atoms with Gasteiger partial charge in [-0.3, -0.25) is 9.59 Å². The molecule has 3 rings (SSSR count). The van der Waals surface area contributed by atoms with Gasteiger partial charge in [0.05, 0.1) is 0 Å². The van der Waals surface area contributed by atoms with Crippen LogP contribution in [0.5, 0.6) is 0 Å². The van der Waals surface area contributed by atoms with Crippen LogP contribution in [0.2, 0.25) is 0 Å². The molecule has 0 spiro atoms. The highest BCUT2D eigenvalue weighted by Gasteiger charge is 2.24. The number of para-hydroxylation sites is 1. The third-order valence-corrected chi connectivity index (χ3v) is 3.50. The third-order valence-electron chi connectivity index (χ3n) is 3.50. The fourth-order valence-corrected chi connectivity index (χ4v) is 2.50. The van der Waals surface area contributed by atoms with Gasteiger partial charge in [0.15, 0.2) is 0 Å². The first-order chi connectivity index (χ1) is 9.65. The molecule has 1 aromatic heterocycles. The fourth-order valence-electron chi connectivity index (χ4n) is 2.50. The predicted octanol–water partition coefficient (Wildman–Crippen LogP) is 1.02. The molecular formula is C15H15N3O2. The molecule has 1 aliphatic rings. The number of pyridine rings is 1. The Balaban J connectivity index is 1.85. The maximum Gasteiger partial charge on any atom is 0.251 e. The Morgan fingerprint density at radius 1 is 1.20 bits per heavy atom. The summed E-state index contributed by atoms with van der Waals surface area (Å²) >= 11 is 0. The first-order valence-corrected chi connectivity index (χ1v) is 6.49. The van der Waals surface area contributed by atoms with Gasteiger partial charge in [-0.05, 0) is 24.1 Å². The molecule has 0 unspecified atom stereocenters. The number of rotatable bonds is 2. The molecule has 0 radical (unpaired) electrons. The van der Waals surface area contributed by atoms with Gasteiger partial charge in [0.25, 0.3) is 5.56 Å². The molecule has 102 valence electrons. The number of amides is 1. The van der Waals surface area contributed by atoms with Gasteiger partial charge < -0.3 is 15.2 Å².